The van der Waals surface area contributed by atoms with E-state index in [1.807, 2.05) is 0 Å². The summed E-state index contributed by atoms with van der Waals surface area (Å²) in [6, 6.07) is 3.46. The Morgan fingerprint density at radius 1 is 1.48 bits per heavy atom. The Bertz CT molecular complexity index is 698. The number of nitrogens with one attached hydrogen (secondary N) is 1. The van der Waals surface area contributed by atoms with Crippen molar-refractivity contribution in [3.8, 4) is 0 Å². The molecule has 2 rings (SSSR count). The van der Waals surface area contributed by atoms with Gasteiger partial charge in [-0.25, -0.2) is 4.79 Å². The summed E-state index contributed by atoms with van der Waals surface area (Å²) in [5, 5.41) is 15.6. The Labute approximate surface area is 125 Å². The second-order valence-electron chi connectivity index (χ2n) is 4.38. The molecule has 0 aliphatic rings. The van der Waals surface area contributed by atoms with Gasteiger partial charge in [0.2, 0.25) is 5.91 Å². The lowest BCUT2D eigenvalue weighted by Gasteiger charge is -2.13. The maximum Gasteiger partial charge on any atom is 0.339 e. The number of hydrogen-bond acceptors (Lipinski definition) is 4. The fourth-order valence-corrected chi connectivity index (χ4v) is 2.06. The third-order valence-corrected chi connectivity index (χ3v) is 3.17. The minimum Gasteiger partial charge on any atom is -0.478 e. The van der Waals surface area contributed by atoms with Gasteiger partial charge < -0.3 is 16.2 Å². The van der Waals surface area contributed by atoms with Gasteiger partial charge in [0.25, 0.3) is 0 Å². The highest BCUT2D eigenvalue weighted by molar-refractivity contribution is 6.34. The van der Waals surface area contributed by atoms with Gasteiger partial charge in [-0.1, -0.05) is 17.7 Å². The third kappa shape index (κ3) is 3.21. The summed E-state index contributed by atoms with van der Waals surface area (Å²) in [7, 11) is 1.70. The number of aromatic nitrogens is 2. The van der Waals surface area contributed by atoms with Crippen LogP contribution in [0.25, 0.3) is 0 Å². The molecule has 0 aliphatic carbocycles. The van der Waals surface area contributed by atoms with E-state index in [2.05, 4.69) is 10.4 Å². The van der Waals surface area contributed by atoms with Crippen LogP contribution in [0, 0.1) is 0 Å². The average molecular weight is 309 g/mol. The highest BCUT2D eigenvalue weighted by Gasteiger charge is 2.21. The summed E-state index contributed by atoms with van der Waals surface area (Å²) in [4.78, 5) is 23.3. The van der Waals surface area contributed by atoms with Gasteiger partial charge in [0.1, 0.15) is 11.6 Å². The van der Waals surface area contributed by atoms with E-state index in [1.54, 1.807) is 19.3 Å². The molecule has 1 amide bonds. The van der Waals surface area contributed by atoms with E-state index < -0.39 is 17.9 Å². The molecule has 110 valence electrons. The Hall–Kier alpha value is -2.38. The number of rotatable bonds is 4. The summed E-state index contributed by atoms with van der Waals surface area (Å²) >= 11 is 5.83. The first-order valence-electron chi connectivity index (χ1n) is 5.97. The fraction of sp³-hybridized carbons (Fsp3) is 0.154. The summed E-state index contributed by atoms with van der Waals surface area (Å²) in [6.45, 7) is 0. The molecule has 1 unspecified atom stereocenters. The second-order valence-corrected chi connectivity index (χ2v) is 4.79. The highest BCUT2D eigenvalue weighted by Crippen LogP contribution is 2.25. The van der Waals surface area contributed by atoms with E-state index in [9.17, 15) is 9.59 Å². The van der Waals surface area contributed by atoms with E-state index in [0.29, 0.717) is 5.56 Å². The van der Waals surface area contributed by atoms with Crippen LogP contribution in [0.4, 0.5) is 5.69 Å². The molecule has 7 nitrogen and oxygen atoms in total. The molecular weight excluding hydrogens is 296 g/mol. The molecule has 1 aromatic carbocycles. The fourth-order valence-electron chi connectivity index (χ4n) is 1.81. The highest BCUT2D eigenvalue weighted by atomic mass is 35.5. The zero-order valence-electron chi connectivity index (χ0n) is 11.1. The average Bonchev–Trinajstić information content (AvgIpc) is 2.84. The van der Waals surface area contributed by atoms with Gasteiger partial charge in [-0.2, -0.15) is 5.10 Å². The standard InChI is InChI=1S/C13H13ClN4O3/c1-18-6-7(5-16-18)11(15)12(19)17-9-4-2-3-8(14)10(9)13(20)21/h2-6,11H,15H2,1H3,(H,17,19)(H,20,21). The van der Waals surface area contributed by atoms with Crippen LogP contribution in [0.3, 0.4) is 0 Å². The Morgan fingerprint density at radius 2 is 2.19 bits per heavy atom. The molecular formula is C13H13ClN4O3. The molecule has 1 heterocycles. The predicted molar refractivity (Wildman–Crippen MR) is 77.2 cm³/mol. The van der Waals surface area contributed by atoms with Crippen molar-refractivity contribution < 1.29 is 14.7 Å². The van der Waals surface area contributed by atoms with Gasteiger partial charge in [-0.15, -0.1) is 0 Å². The first kappa shape index (κ1) is 15.0. The maximum atomic E-state index is 12.1. The van der Waals surface area contributed by atoms with Crippen molar-refractivity contribution in [1.82, 2.24) is 9.78 Å². The zero-order valence-corrected chi connectivity index (χ0v) is 11.8. The normalized spacial score (nSPS) is 12.0. The second kappa shape index (κ2) is 5.94. The van der Waals surface area contributed by atoms with Gasteiger partial charge in [-0.05, 0) is 12.1 Å². The van der Waals surface area contributed by atoms with Crippen LogP contribution in [0.5, 0.6) is 0 Å². The smallest absolute Gasteiger partial charge is 0.339 e. The molecule has 0 fully saturated rings. The first-order chi connectivity index (χ1) is 9.90. The lowest BCUT2D eigenvalue weighted by atomic mass is 10.1. The number of amides is 1. The number of carbonyl (C=O) groups excluding carboxylic acids is 1. The Balaban J connectivity index is 2.24. The maximum absolute atomic E-state index is 12.1. The van der Waals surface area contributed by atoms with Gasteiger partial charge in [0.05, 0.1) is 16.9 Å². The lowest BCUT2D eigenvalue weighted by Crippen LogP contribution is -2.28. The number of nitrogens with zero attached hydrogens (tertiary/aromatic N) is 2. The molecule has 21 heavy (non-hydrogen) atoms. The number of aryl methyl sites for hydroxylation is 1. The van der Waals surface area contributed by atoms with E-state index in [4.69, 9.17) is 22.4 Å². The Morgan fingerprint density at radius 3 is 2.76 bits per heavy atom. The number of hydrogen-bond donors (Lipinski definition) is 3. The molecule has 0 radical (unpaired) electrons. The molecule has 1 atom stereocenters. The molecule has 0 aliphatic heterocycles. The molecule has 2 aromatic rings. The van der Waals surface area contributed by atoms with Gasteiger partial charge >= 0.3 is 5.97 Å². The molecule has 0 saturated carbocycles. The summed E-state index contributed by atoms with van der Waals surface area (Å²) in [5.74, 6) is -1.78. The van der Waals surface area contributed by atoms with Gasteiger partial charge in [0, 0.05) is 18.8 Å². The van der Waals surface area contributed by atoms with Gasteiger partial charge in [-0.3, -0.25) is 9.48 Å². The first-order valence-corrected chi connectivity index (χ1v) is 6.34. The summed E-state index contributed by atoms with van der Waals surface area (Å²) in [5.41, 5.74) is 6.26. The number of carboxylic acids is 1. The van der Waals surface area contributed by atoms with Crippen molar-refractivity contribution in [1.29, 1.82) is 0 Å². The van der Waals surface area contributed by atoms with E-state index >= 15 is 0 Å². The van der Waals surface area contributed by atoms with Crippen LogP contribution in [0.1, 0.15) is 22.0 Å². The van der Waals surface area contributed by atoms with Crippen molar-refractivity contribution >= 4 is 29.2 Å². The monoisotopic (exact) mass is 308 g/mol. The minimum absolute atomic E-state index is 0.0373. The van der Waals surface area contributed by atoms with Gasteiger partial charge in [0.15, 0.2) is 0 Å². The quantitative estimate of drug-likeness (QED) is 0.791. The van der Waals surface area contributed by atoms with Crippen LogP contribution < -0.4 is 11.1 Å². The zero-order chi connectivity index (χ0) is 15.6. The largest absolute Gasteiger partial charge is 0.478 e. The van der Waals surface area contributed by atoms with Crippen LogP contribution in [0.2, 0.25) is 5.02 Å². The van der Waals surface area contributed by atoms with Crippen LogP contribution in [-0.4, -0.2) is 26.8 Å². The summed E-state index contributed by atoms with van der Waals surface area (Å²) in [6.07, 6.45) is 3.08. The van der Waals surface area contributed by atoms with E-state index in [1.165, 1.54) is 23.0 Å². The minimum atomic E-state index is -1.23. The number of nitrogens with two attached hydrogens (primary N) is 1. The SMILES string of the molecule is Cn1cc(C(N)C(=O)Nc2cccc(Cl)c2C(=O)O)cn1. The molecule has 0 spiro atoms. The van der Waals surface area contributed by atoms with Crippen molar-refractivity contribution in [2.75, 3.05) is 5.32 Å². The molecule has 8 heteroatoms. The number of carbonyl (C=O) groups is 2. The van der Waals surface area contributed by atoms with E-state index in [-0.39, 0.29) is 16.3 Å². The molecule has 0 bridgehead atoms. The molecule has 4 N–H and O–H groups in total. The number of benzene rings is 1. The van der Waals surface area contributed by atoms with Crippen LogP contribution in [-0.2, 0) is 11.8 Å². The summed E-state index contributed by atoms with van der Waals surface area (Å²) < 4.78 is 1.52. The number of aromatic carboxylic acids is 1. The lowest BCUT2D eigenvalue weighted by molar-refractivity contribution is -0.117. The van der Waals surface area contributed by atoms with Crippen molar-refractivity contribution in [2.45, 2.75) is 6.04 Å². The molecule has 1 aromatic heterocycles. The van der Waals surface area contributed by atoms with Crippen LogP contribution in [0.15, 0.2) is 30.6 Å². The molecule has 0 saturated heterocycles. The predicted octanol–water partition coefficient (Wildman–Crippen LogP) is 1.41. The number of carboxylic acid groups (broad SMARTS) is 1. The number of halogens is 1. The third-order valence-electron chi connectivity index (χ3n) is 2.85. The van der Waals surface area contributed by atoms with Crippen LogP contribution >= 0.6 is 11.6 Å². The number of anilines is 1. The Kier molecular flexibility index (Phi) is 4.25. The van der Waals surface area contributed by atoms with E-state index in [0.717, 1.165) is 0 Å². The van der Waals surface area contributed by atoms with Crippen molar-refractivity contribution in [3.05, 3.63) is 46.7 Å². The van der Waals surface area contributed by atoms with Crippen molar-refractivity contribution in [2.24, 2.45) is 12.8 Å². The topological polar surface area (TPSA) is 110 Å². The van der Waals surface area contributed by atoms with Crippen molar-refractivity contribution in [3.63, 3.8) is 0 Å².